The lowest BCUT2D eigenvalue weighted by molar-refractivity contribution is -0.0427. The van der Waals surface area contributed by atoms with Gasteiger partial charge in [-0.15, -0.1) is 0 Å². The summed E-state index contributed by atoms with van der Waals surface area (Å²) in [6.07, 6.45) is -0.496. The summed E-state index contributed by atoms with van der Waals surface area (Å²) >= 11 is 4.54. The average molecular weight is 212 g/mol. The summed E-state index contributed by atoms with van der Waals surface area (Å²) in [5, 5.41) is 5.07. The van der Waals surface area contributed by atoms with Gasteiger partial charge in [-0.1, -0.05) is 0 Å². The fourth-order valence-electron chi connectivity index (χ4n) is 0.767. The quantitative estimate of drug-likeness (QED) is 0.760. The molecule has 0 aliphatic heterocycles. The molecule has 1 rings (SSSR count). The van der Waals surface area contributed by atoms with Crippen LogP contribution in [-0.2, 0) is 0 Å². The van der Waals surface area contributed by atoms with Crippen LogP contribution in [0.2, 0.25) is 0 Å². The first-order chi connectivity index (χ1) is 5.91. The van der Waals surface area contributed by atoms with Crippen molar-refractivity contribution in [3.63, 3.8) is 0 Å². The minimum absolute atomic E-state index is 0.361. The number of aliphatic hydroxyl groups is 1. The predicted octanol–water partition coefficient (Wildman–Crippen LogP) is 2.09. The Balaban J connectivity index is 2.96. The van der Waals surface area contributed by atoms with E-state index in [0.29, 0.717) is 0 Å². The van der Waals surface area contributed by atoms with Gasteiger partial charge in [0.25, 0.3) is 0 Å². The van der Waals surface area contributed by atoms with E-state index < -0.39 is 17.3 Å². The molecule has 1 atom stereocenters. The standard InChI is InChI=1S/C7H5ClF3NO/c8-7(10,11)6(13)4-1-5(9)3-12-2-4/h1-3,6,13H. The number of rotatable bonds is 2. The summed E-state index contributed by atoms with van der Waals surface area (Å²) in [5.74, 6) is -0.808. The van der Waals surface area contributed by atoms with Crippen molar-refractivity contribution in [3.8, 4) is 0 Å². The van der Waals surface area contributed by atoms with E-state index in [2.05, 4.69) is 16.6 Å². The molecule has 1 aromatic rings. The fraction of sp³-hybridized carbons (Fsp3) is 0.286. The molecule has 0 amide bonds. The number of halogens is 4. The largest absolute Gasteiger partial charge is 0.381 e. The van der Waals surface area contributed by atoms with Crippen LogP contribution in [0.5, 0.6) is 0 Å². The minimum Gasteiger partial charge on any atom is -0.381 e. The van der Waals surface area contributed by atoms with Gasteiger partial charge in [0.15, 0.2) is 6.10 Å². The number of hydrogen-bond acceptors (Lipinski definition) is 2. The van der Waals surface area contributed by atoms with Crippen molar-refractivity contribution in [1.82, 2.24) is 4.98 Å². The maximum absolute atomic E-state index is 12.5. The van der Waals surface area contributed by atoms with Crippen molar-refractivity contribution in [2.24, 2.45) is 0 Å². The molecule has 0 aliphatic carbocycles. The molecule has 0 aliphatic rings. The van der Waals surface area contributed by atoms with E-state index in [9.17, 15) is 13.2 Å². The van der Waals surface area contributed by atoms with Crippen molar-refractivity contribution < 1.29 is 18.3 Å². The first-order valence-electron chi connectivity index (χ1n) is 3.26. The highest BCUT2D eigenvalue weighted by Crippen LogP contribution is 2.34. The summed E-state index contributed by atoms with van der Waals surface area (Å²) in [7, 11) is 0. The van der Waals surface area contributed by atoms with Crippen molar-refractivity contribution in [1.29, 1.82) is 0 Å². The van der Waals surface area contributed by atoms with Gasteiger partial charge in [0.1, 0.15) is 5.82 Å². The van der Waals surface area contributed by atoms with Gasteiger partial charge in [-0.3, -0.25) is 4.98 Å². The van der Waals surface area contributed by atoms with Gasteiger partial charge in [-0.05, 0) is 17.7 Å². The van der Waals surface area contributed by atoms with Gasteiger partial charge in [0.2, 0.25) is 0 Å². The van der Waals surface area contributed by atoms with Crippen LogP contribution >= 0.6 is 11.6 Å². The van der Waals surface area contributed by atoms with Crippen molar-refractivity contribution >= 4 is 11.6 Å². The molecular formula is C7H5ClF3NO. The average Bonchev–Trinajstić information content (AvgIpc) is 2.01. The molecule has 0 aromatic carbocycles. The van der Waals surface area contributed by atoms with Crippen LogP contribution in [0.1, 0.15) is 11.7 Å². The van der Waals surface area contributed by atoms with E-state index in [1.54, 1.807) is 0 Å². The van der Waals surface area contributed by atoms with Gasteiger partial charge in [0, 0.05) is 11.8 Å². The lowest BCUT2D eigenvalue weighted by Gasteiger charge is -2.15. The molecule has 0 radical (unpaired) electrons. The number of alkyl halides is 3. The van der Waals surface area contributed by atoms with Crippen molar-refractivity contribution in [3.05, 3.63) is 29.8 Å². The highest BCUT2D eigenvalue weighted by Gasteiger charge is 2.37. The summed E-state index contributed by atoms with van der Waals surface area (Å²) in [6, 6.07) is 0.744. The Morgan fingerprint density at radius 3 is 2.54 bits per heavy atom. The van der Waals surface area contributed by atoms with Crippen LogP contribution in [0.25, 0.3) is 0 Å². The normalized spacial score (nSPS) is 14.2. The van der Waals surface area contributed by atoms with Gasteiger partial charge < -0.3 is 5.11 Å². The molecule has 0 fully saturated rings. The Kier molecular flexibility index (Phi) is 2.77. The molecule has 1 unspecified atom stereocenters. The summed E-state index contributed by atoms with van der Waals surface area (Å²) in [5.41, 5.74) is -0.361. The van der Waals surface area contributed by atoms with E-state index in [1.165, 1.54) is 0 Å². The first-order valence-corrected chi connectivity index (χ1v) is 3.64. The molecule has 0 saturated carbocycles. The Hall–Kier alpha value is -0.810. The number of aliphatic hydroxyl groups excluding tert-OH is 1. The zero-order valence-electron chi connectivity index (χ0n) is 6.22. The van der Waals surface area contributed by atoms with Crippen LogP contribution in [-0.4, -0.2) is 15.5 Å². The Labute approximate surface area is 77.0 Å². The second-order valence-corrected chi connectivity index (χ2v) is 2.88. The van der Waals surface area contributed by atoms with E-state index in [-0.39, 0.29) is 5.56 Å². The number of pyridine rings is 1. The van der Waals surface area contributed by atoms with Gasteiger partial charge in [-0.2, -0.15) is 8.78 Å². The van der Waals surface area contributed by atoms with Crippen LogP contribution in [0.4, 0.5) is 13.2 Å². The zero-order chi connectivity index (χ0) is 10.1. The third-order valence-electron chi connectivity index (χ3n) is 1.35. The third-order valence-corrected chi connectivity index (χ3v) is 1.56. The maximum Gasteiger partial charge on any atom is 0.351 e. The minimum atomic E-state index is -3.82. The number of aromatic nitrogens is 1. The van der Waals surface area contributed by atoms with Crippen LogP contribution < -0.4 is 0 Å². The molecule has 0 saturated heterocycles. The first kappa shape index (κ1) is 10.3. The molecule has 1 N–H and O–H groups in total. The van der Waals surface area contributed by atoms with Crippen LogP contribution in [0, 0.1) is 5.82 Å². The van der Waals surface area contributed by atoms with Crippen LogP contribution in [0.3, 0.4) is 0 Å². The topological polar surface area (TPSA) is 33.1 Å². The predicted molar refractivity (Wildman–Crippen MR) is 40.0 cm³/mol. The zero-order valence-corrected chi connectivity index (χ0v) is 6.97. The Morgan fingerprint density at radius 2 is 2.08 bits per heavy atom. The third kappa shape index (κ3) is 2.57. The summed E-state index contributed by atoms with van der Waals surface area (Å²) in [4.78, 5) is 3.29. The van der Waals surface area contributed by atoms with Gasteiger partial charge in [0.05, 0.1) is 6.20 Å². The molecule has 1 heterocycles. The molecular weight excluding hydrogens is 207 g/mol. The Bertz CT molecular complexity index is 302. The molecule has 13 heavy (non-hydrogen) atoms. The summed E-state index contributed by atoms with van der Waals surface area (Å²) in [6.45, 7) is 0. The smallest absolute Gasteiger partial charge is 0.351 e. The molecule has 0 spiro atoms. The van der Waals surface area contributed by atoms with Crippen molar-refractivity contribution in [2.75, 3.05) is 0 Å². The lowest BCUT2D eigenvalue weighted by Crippen LogP contribution is -2.19. The van der Waals surface area contributed by atoms with Gasteiger partial charge in [-0.25, -0.2) is 4.39 Å². The molecule has 6 heteroatoms. The molecule has 72 valence electrons. The van der Waals surface area contributed by atoms with E-state index in [4.69, 9.17) is 5.11 Å². The molecule has 0 bridgehead atoms. The lowest BCUT2D eigenvalue weighted by atomic mass is 10.2. The van der Waals surface area contributed by atoms with Crippen LogP contribution in [0.15, 0.2) is 18.5 Å². The second-order valence-electron chi connectivity index (χ2n) is 2.38. The van der Waals surface area contributed by atoms with Gasteiger partial charge >= 0.3 is 5.38 Å². The number of hydrogen-bond donors (Lipinski definition) is 1. The van der Waals surface area contributed by atoms with E-state index in [0.717, 1.165) is 18.5 Å². The fourth-order valence-corrected chi connectivity index (χ4v) is 0.893. The SMILES string of the molecule is OC(c1cncc(F)c1)C(F)(F)Cl. The molecule has 2 nitrogen and oxygen atoms in total. The highest BCUT2D eigenvalue weighted by molar-refractivity contribution is 6.22. The monoisotopic (exact) mass is 211 g/mol. The second kappa shape index (κ2) is 3.51. The maximum atomic E-state index is 12.5. The summed E-state index contributed by atoms with van der Waals surface area (Å²) < 4.78 is 37.1. The van der Waals surface area contributed by atoms with Crippen molar-refractivity contribution in [2.45, 2.75) is 11.5 Å². The van der Waals surface area contributed by atoms with E-state index >= 15 is 0 Å². The Morgan fingerprint density at radius 1 is 1.46 bits per heavy atom. The number of nitrogens with zero attached hydrogens (tertiary/aromatic N) is 1. The highest BCUT2D eigenvalue weighted by atomic mass is 35.5. The molecule has 1 aromatic heterocycles. The van der Waals surface area contributed by atoms with E-state index in [1.807, 2.05) is 0 Å².